The smallest absolute Gasteiger partial charge is 0.309 e. The minimum atomic E-state index is -0.213. The number of fused-ring (bicyclic) bond motifs is 5. The van der Waals surface area contributed by atoms with Gasteiger partial charge in [0.25, 0.3) is 0 Å². The molecule has 5 rings (SSSR count). The van der Waals surface area contributed by atoms with E-state index in [1.54, 1.807) is 0 Å². The van der Waals surface area contributed by atoms with Gasteiger partial charge in [-0.3, -0.25) is 4.79 Å². The van der Waals surface area contributed by atoms with E-state index in [1.807, 2.05) is 6.92 Å². The first-order valence-corrected chi connectivity index (χ1v) is 10.6. The van der Waals surface area contributed by atoms with Crippen LogP contribution in [-0.2, 0) is 9.53 Å². The van der Waals surface area contributed by atoms with Crippen molar-refractivity contribution in [3.63, 3.8) is 0 Å². The Kier molecular flexibility index (Phi) is 4.19. The summed E-state index contributed by atoms with van der Waals surface area (Å²) >= 11 is 0. The lowest BCUT2D eigenvalue weighted by atomic mass is 9.76. The molecule has 28 heavy (non-hydrogen) atoms. The van der Waals surface area contributed by atoms with E-state index in [1.165, 1.54) is 28.0 Å². The zero-order chi connectivity index (χ0) is 19.4. The Labute approximate surface area is 166 Å². The van der Waals surface area contributed by atoms with Crippen LogP contribution in [0.25, 0.3) is 21.5 Å². The molecular weight excluding hydrogens is 344 g/mol. The molecule has 0 N–H and O–H groups in total. The van der Waals surface area contributed by atoms with Crippen molar-refractivity contribution in [1.82, 2.24) is 0 Å². The largest absolute Gasteiger partial charge is 0.458 e. The van der Waals surface area contributed by atoms with Gasteiger partial charge in [0.1, 0.15) is 6.10 Å². The molecule has 3 aromatic carbocycles. The SMILES string of the molecule is CC(OC(=O)C1CC2CC1C(C)C2C)c1ccc2c(ccc3ccccc32)c1. The first-order chi connectivity index (χ1) is 13.5. The molecule has 2 saturated carbocycles. The third-order valence-corrected chi connectivity index (χ3v) is 7.73. The first kappa shape index (κ1) is 17.7. The number of esters is 1. The Morgan fingerprint density at radius 3 is 2.46 bits per heavy atom. The quantitative estimate of drug-likeness (QED) is 0.386. The van der Waals surface area contributed by atoms with Crippen LogP contribution in [0.4, 0.5) is 0 Å². The van der Waals surface area contributed by atoms with Gasteiger partial charge in [0.15, 0.2) is 0 Å². The van der Waals surface area contributed by atoms with Crippen LogP contribution in [0.15, 0.2) is 54.6 Å². The fourth-order valence-corrected chi connectivity index (χ4v) is 5.83. The molecule has 2 heteroatoms. The highest BCUT2D eigenvalue weighted by atomic mass is 16.5. The monoisotopic (exact) mass is 372 g/mol. The second kappa shape index (κ2) is 6.62. The van der Waals surface area contributed by atoms with E-state index in [0.29, 0.717) is 17.8 Å². The first-order valence-electron chi connectivity index (χ1n) is 10.6. The summed E-state index contributed by atoms with van der Waals surface area (Å²) in [4.78, 5) is 12.9. The van der Waals surface area contributed by atoms with Gasteiger partial charge in [0, 0.05) is 0 Å². The zero-order valence-electron chi connectivity index (χ0n) is 16.9. The van der Waals surface area contributed by atoms with Gasteiger partial charge in [-0.1, -0.05) is 62.4 Å². The predicted octanol–water partition coefficient (Wildman–Crippen LogP) is 6.53. The van der Waals surface area contributed by atoms with E-state index in [9.17, 15) is 4.79 Å². The molecule has 2 nitrogen and oxygen atoms in total. The standard InChI is InChI=1S/C26H28O2/c1-15-16(2)24-13-21(15)14-25(24)26(27)28-17(3)19-10-11-23-20(12-19)9-8-18-6-4-5-7-22(18)23/h4-12,15-17,21,24-25H,13-14H2,1-3H3. The number of carbonyl (C=O) groups excluding carboxylic acids is 1. The molecule has 3 aromatic rings. The van der Waals surface area contributed by atoms with Crippen molar-refractivity contribution in [3.05, 3.63) is 60.2 Å². The summed E-state index contributed by atoms with van der Waals surface area (Å²) in [6, 6.07) is 19.2. The third-order valence-electron chi connectivity index (χ3n) is 7.73. The molecule has 2 aliphatic rings. The number of hydrogen-bond donors (Lipinski definition) is 0. The summed E-state index contributed by atoms with van der Waals surface area (Å²) in [5.41, 5.74) is 1.07. The molecule has 0 heterocycles. The number of benzene rings is 3. The lowest BCUT2D eigenvalue weighted by Crippen LogP contribution is -2.31. The molecule has 144 valence electrons. The Hall–Kier alpha value is -2.35. The summed E-state index contributed by atoms with van der Waals surface area (Å²) in [6.45, 7) is 6.66. The molecule has 6 unspecified atom stereocenters. The highest BCUT2D eigenvalue weighted by molar-refractivity contribution is 6.07. The van der Waals surface area contributed by atoms with Crippen LogP contribution in [0.5, 0.6) is 0 Å². The van der Waals surface area contributed by atoms with Crippen molar-refractivity contribution in [2.75, 3.05) is 0 Å². The van der Waals surface area contributed by atoms with Crippen molar-refractivity contribution in [2.45, 2.75) is 39.7 Å². The van der Waals surface area contributed by atoms with E-state index in [4.69, 9.17) is 4.74 Å². The lowest BCUT2D eigenvalue weighted by molar-refractivity contribution is -0.156. The van der Waals surface area contributed by atoms with Crippen LogP contribution in [-0.4, -0.2) is 5.97 Å². The van der Waals surface area contributed by atoms with Crippen molar-refractivity contribution < 1.29 is 9.53 Å². The van der Waals surface area contributed by atoms with Crippen molar-refractivity contribution in [3.8, 4) is 0 Å². The molecule has 2 bridgehead atoms. The summed E-state index contributed by atoms with van der Waals surface area (Å²) in [6.07, 6.45) is 2.01. The predicted molar refractivity (Wildman–Crippen MR) is 114 cm³/mol. The third kappa shape index (κ3) is 2.73. The molecule has 0 aromatic heterocycles. The van der Waals surface area contributed by atoms with E-state index >= 15 is 0 Å². The molecule has 0 amide bonds. The van der Waals surface area contributed by atoms with Crippen LogP contribution in [0.3, 0.4) is 0 Å². The molecule has 0 saturated heterocycles. The summed E-state index contributed by atoms with van der Waals surface area (Å²) in [5.74, 6) is 2.73. The summed E-state index contributed by atoms with van der Waals surface area (Å²) < 4.78 is 5.95. The summed E-state index contributed by atoms with van der Waals surface area (Å²) in [7, 11) is 0. The van der Waals surface area contributed by atoms with Gasteiger partial charge in [0.2, 0.25) is 0 Å². The van der Waals surface area contributed by atoms with Gasteiger partial charge in [-0.05, 0) is 76.6 Å². The van der Waals surface area contributed by atoms with Gasteiger partial charge >= 0.3 is 5.97 Å². The maximum absolute atomic E-state index is 12.9. The minimum Gasteiger partial charge on any atom is -0.458 e. The number of carbonyl (C=O) groups is 1. The maximum atomic E-state index is 12.9. The minimum absolute atomic E-state index is 0.0114. The molecule has 0 radical (unpaired) electrons. The van der Waals surface area contributed by atoms with Crippen LogP contribution in [0.2, 0.25) is 0 Å². The average molecular weight is 373 g/mol. The Balaban J connectivity index is 1.37. The fourth-order valence-electron chi connectivity index (χ4n) is 5.83. The number of hydrogen-bond acceptors (Lipinski definition) is 2. The maximum Gasteiger partial charge on any atom is 0.309 e. The van der Waals surface area contributed by atoms with Crippen LogP contribution >= 0.6 is 0 Å². The van der Waals surface area contributed by atoms with Gasteiger partial charge < -0.3 is 4.74 Å². The van der Waals surface area contributed by atoms with Crippen LogP contribution in [0.1, 0.15) is 45.3 Å². The van der Waals surface area contributed by atoms with Gasteiger partial charge in [-0.2, -0.15) is 0 Å². The molecule has 0 spiro atoms. The van der Waals surface area contributed by atoms with Crippen molar-refractivity contribution in [2.24, 2.45) is 29.6 Å². The number of ether oxygens (including phenoxy) is 1. The molecule has 2 fully saturated rings. The van der Waals surface area contributed by atoms with Crippen molar-refractivity contribution in [1.29, 1.82) is 0 Å². The van der Waals surface area contributed by atoms with Crippen molar-refractivity contribution >= 4 is 27.5 Å². The average Bonchev–Trinajstić information content (AvgIpc) is 3.27. The summed E-state index contributed by atoms with van der Waals surface area (Å²) in [5, 5.41) is 4.96. The fraction of sp³-hybridized carbons (Fsp3) is 0.423. The Morgan fingerprint density at radius 1 is 0.929 bits per heavy atom. The number of rotatable bonds is 3. The van der Waals surface area contributed by atoms with E-state index in [2.05, 4.69) is 68.4 Å². The van der Waals surface area contributed by atoms with Crippen LogP contribution in [0, 0.1) is 29.6 Å². The van der Waals surface area contributed by atoms with E-state index in [-0.39, 0.29) is 18.0 Å². The van der Waals surface area contributed by atoms with E-state index < -0.39 is 0 Å². The Morgan fingerprint density at radius 2 is 1.68 bits per heavy atom. The highest BCUT2D eigenvalue weighted by Crippen LogP contribution is 2.55. The highest BCUT2D eigenvalue weighted by Gasteiger charge is 2.51. The molecular formula is C26H28O2. The topological polar surface area (TPSA) is 26.3 Å². The second-order valence-corrected chi connectivity index (χ2v) is 9.07. The second-order valence-electron chi connectivity index (χ2n) is 9.07. The van der Waals surface area contributed by atoms with Gasteiger partial charge in [-0.25, -0.2) is 0 Å². The van der Waals surface area contributed by atoms with Gasteiger partial charge in [0.05, 0.1) is 5.92 Å². The zero-order valence-corrected chi connectivity index (χ0v) is 16.9. The normalized spacial score (nSPS) is 30.0. The van der Waals surface area contributed by atoms with Gasteiger partial charge in [-0.15, -0.1) is 0 Å². The molecule has 2 aliphatic carbocycles. The lowest BCUT2D eigenvalue weighted by Gasteiger charge is -2.31. The Bertz CT molecular complexity index is 1050. The molecule has 0 aliphatic heterocycles. The molecule has 6 atom stereocenters. The van der Waals surface area contributed by atoms with Crippen LogP contribution < -0.4 is 0 Å². The van der Waals surface area contributed by atoms with E-state index in [0.717, 1.165) is 17.9 Å².